The van der Waals surface area contributed by atoms with Gasteiger partial charge in [-0.25, -0.2) is 0 Å². The highest BCUT2D eigenvalue weighted by Crippen LogP contribution is 2.21. The molecule has 3 heteroatoms. The van der Waals surface area contributed by atoms with Gasteiger partial charge in [0.2, 0.25) is 0 Å². The van der Waals surface area contributed by atoms with Crippen LogP contribution in [0, 0.1) is 0 Å². The molecule has 1 atom stereocenters. The SMILES string of the molecule is CC(N)(C(=O)Cc1cccc(Br)c1)c1ccccc1. The number of carbonyl (C=O) groups excluding carboxylic acids is 1. The molecule has 0 fully saturated rings. The van der Waals surface area contributed by atoms with E-state index in [1.165, 1.54) is 0 Å². The minimum Gasteiger partial charge on any atom is -0.315 e. The molecule has 0 bridgehead atoms. The smallest absolute Gasteiger partial charge is 0.161 e. The van der Waals surface area contributed by atoms with E-state index >= 15 is 0 Å². The van der Waals surface area contributed by atoms with E-state index in [4.69, 9.17) is 5.73 Å². The number of hydrogen-bond acceptors (Lipinski definition) is 2. The number of hydrogen-bond donors (Lipinski definition) is 1. The van der Waals surface area contributed by atoms with Crippen LogP contribution in [-0.2, 0) is 16.8 Å². The van der Waals surface area contributed by atoms with E-state index in [0.29, 0.717) is 6.42 Å². The summed E-state index contributed by atoms with van der Waals surface area (Å²) in [6, 6.07) is 17.2. The van der Waals surface area contributed by atoms with Crippen molar-refractivity contribution in [1.82, 2.24) is 0 Å². The molecule has 0 aliphatic carbocycles. The molecule has 0 amide bonds. The third-order valence-electron chi connectivity index (χ3n) is 3.21. The first-order chi connectivity index (χ1) is 9.00. The fourth-order valence-electron chi connectivity index (χ4n) is 1.96. The summed E-state index contributed by atoms with van der Waals surface area (Å²) in [4.78, 5) is 12.4. The van der Waals surface area contributed by atoms with Gasteiger partial charge in [0, 0.05) is 10.9 Å². The molecule has 2 aromatic carbocycles. The van der Waals surface area contributed by atoms with Crippen molar-refractivity contribution in [2.75, 3.05) is 0 Å². The largest absolute Gasteiger partial charge is 0.315 e. The van der Waals surface area contributed by atoms with Crippen molar-refractivity contribution < 1.29 is 4.79 Å². The maximum absolute atomic E-state index is 12.4. The van der Waals surface area contributed by atoms with Crippen molar-refractivity contribution >= 4 is 21.7 Å². The average molecular weight is 318 g/mol. The topological polar surface area (TPSA) is 43.1 Å². The molecule has 0 saturated carbocycles. The second kappa shape index (κ2) is 5.68. The Hall–Kier alpha value is -1.45. The van der Waals surface area contributed by atoms with Gasteiger partial charge in [0.05, 0.1) is 5.54 Å². The zero-order valence-corrected chi connectivity index (χ0v) is 12.4. The van der Waals surface area contributed by atoms with Crippen LogP contribution in [-0.4, -0.2) is 5.78 Å². The molecule has 0 aliphatic heterocycles. The number of benzene rings is 2. The summed E-state index contributed by atoms with van der Waals surface area (Å²) in [5.74, 6) is 0.0109. The van der Waals surface area contributed by atoms with Crippen molar-refractivity contribution in [3.05, 3.63) is 70.2 Å². The first kappa shape index (κ1) is 14.0. The van der Waals surface area contributed by atoms with Crippen LogP contribution in [0.2, 0.25) is 0 Å². The zero-order chi connectivity index (χ0) is 13.9. The van der Waals surface area contributed by atoms with Crippen molar-refractivity contribution in [3.63, 3.8) is 0 Å². The van der Waals surface area contributed by atoms with Crippen LogP contribution in [0.4, 0.5) is 0 Å². The molecule has 0 radical (unpaired) electrons. The van der Waals surface area contributed by atoms with Gasteiger partial charge in [-0.15, -0.1) is 0 Å². The van der Waals surface area contributed by atoms with E-state index in [1.54, 1.807) is 6.92 Å². The van der Waals surface area contributed by atoms with E-state index in [2.05, 4.69) is 15.9 Å². The second-order valence-electron chi connectivity index (χ2n) is 4.80. The van der Waals surface area contributed by atoms with Gasteiger partial charge in [-0.05, 0) is 30.2 Å². The molecule has 0 saturated heterocycles. The highest BCUT2D eigenvalue weighted by atomic mass is 79.9. The molecule has 2 nitrogen and oxygen atoms in total. The van der Waals surface area contributed by atoms with Crippen LogP contribution >= 0.6 is 15.9 Å². The lowest BCUT2D eigenvalue weighted by molar-refractivity contribution is -0.123. The predicted molar refractivity (Wildman–Crippen MR) is 80.8 cm³/mol. The number of carbonyl (C=O) groups is 1. The van der Waals surface area contributed by atoms with Gasteiger partial charge in [0.1, 0.15) is 0 Å². The number of Topliss-reactive ketones (excluding diaryl/α,β-unsaturated/α-hetero) is 1. The third kappa shape index (κ3) is 3.31. The number of nitrogens with two attached hydrogens (primary N) is 1. The van der Waals surface area contributed by atoms with Gasteiger partial charge < -0.3 is 5.73 Å². The highest BCUT2D eigenvalue weighted by Gasteiger charge is 2.29. The van der Waals surface area contributed by atoms with Crippen molar-refractivity contribution in [2.24, 2.45) is 5.73 Å². The van der Waals surface area contributed by atoms with Gasteiger partial charge in [-0.3, -0.25) is 4.79 Å². The standard InChI is InChI=1S/C16H16BrNO/c1-16(18,13-7-3-2-4-8-13)15(19)11-12-6-5-9-14(17)10-12/h2-10H,11,18H2,1H3. The average Bonchev–Trinajstić information content (AvgIpc) is 2.39. The van der Waals surface area contributed by atoms with E-state index in [0.717, 1.165) is 15.6 Å². The number of halogens is 1. The van der Waals surface area contributed by atoms with Crippen LogP contribution in [0.25, 0.3) is 0 Å². The maximum atomic E-state index is 12.4. The molecule has 0 spiro atoms. The summed E-state index contributed by atoms with van der Waals surface area (Å²) in [7, 11) is 0. The van der Waals surface area contributed by atoms with E-state index in [9.17, 15) is 4.79 Å². The Balaban J connectivity index is 2.20. The quantitative estimate of drug-likeness (QED) is 0.938. The minimum atomic E-state index is -0.955. The Morgan fingerprint density at radius 1 is 1.16 bits per heavy atom. The fourth-order valence-corrected chi connectivity index (χ4v) is 2.41. The molecule has 98 valence electrons. The van der Waals surface area contributed by atoms with Gasteiger partial charge in [-0.1, -0.05) is 58.4 Å². The lowest BCUT2D eigenvalue weighted by Crippen LogP contribution is -2.42. The number of rotatable bonds is 4. The Morgan fingerprint density at radius 3 is 2.47 bits per heavy atom. The normalized spacial score (nSPS) is 13.8. The first-order valence-corrected chi connectivity index (χ1v) is 6.91. The van der Waals surface area contributed by atoms with E-state index < -0.39 is 5.54 Å². The van der Waals surface area contributed by atoms with Crippen molar-refractivity contribution in [1.29, 1.82) is 0 Å². The second-order valence-corrected chi connectivity index (χ2v) is 5.71. The fraction of sp³-hybridized carbons (Fsp3) is 0.188. The van der Waals surface area contributed by atoms with Crippen molar-refractivity contribution in [3.8, 4) is 0 Å². The number of ketones is 1. The van der Waals surface area contributed by atoms with Crippen LogP contribution in [0.3, 0.4) is 0 Å². The molecule has 1 unspecified atom stereocenters. The molecule has 0 aliphatic rings. The summed E-state index contributed by atoms with van der Waals surface area (Å²) in [5, 5.41) is 0. The summed E-state index contributed by atoms with van der Waals surface area (Å²) in [6.07, 6.45) is 0.335. The molecular formula is C16H16BrNO. The highest BCUT2D eigenvalue weighted by molar-refractivity contribution is 9.10. The molecule has 0 aromatic heterocycles. The Bertz CT molecular complexity index is 578. The van der Waals surface area contributed by atoms with E-state index in [-0.39, 0.29) is 5.78 Å². The zero-order valence-electron chi connectivity index (χ0n) is 10.8. The monoisotopic (exact) mass is 317 g/mol. The Morgan fingerprint density at radius 2 is 1.84 bits per heavy atom. The van der Waals surface area contributed by atoms with Crippen LogP contribution in [0.15, 0.2) is 59.1 Å². The lowest BCUT2D eigenvalue weighted by atomic mass is 9.86. The lowest BCUT2D eigenvalue weighted by Gasteiger charge is -2.23. The molecule has 19 heavy (non-hydrogen) atoms. The third-order valence-corrected chi connectivity index (χ3v) is 3.70. The van der Waals surface area contributed by atoms with Crippen LogP contribution in [0.1, 0.15) is 18.1 Å². The molecule has 2 aromatic rings. The summed E-state index contributed by atoms with van der Waals surface area (Å²) >= 11 is 3.40. The van der Waals surface area contributed by atoms with Crippen LogP contribution < -0.4 is 5.73 Å². The summed E-state index contributed by atoms with van der Waals surface area (Å²) in [6.45, 7) is 1.77. The van der Waals surface area contributed by atoms with Crippen molar-refractivity contribution in [2.45, 2.75) is 18.9 Å². The maximum Gasteiger partial charge on any atom is 0.161 e. The Kier molecular flexibility index (Phi) is 4.17. The first-order valence-electron chi connectivity index (χ1n) is 6.12. The van der Waals surface area contributed by atoms with Crippen LogP contribution in [0.5, 0.6) is 0 Å². The molecule has 2 N–H and O–H groups in total. The summed E-state index contributed by atoms with van der Waals surface area (Å²) in [5.41, 5.74) is 7.06. The molecular weight excluding hydrogens is 302 g/mol. The molecule has 2 rings (SSSR count). The van der Waals surface area contributed by atoms with E-state index in [1.807, 2.05) is 54.6 Å². The summed E-state index contributed by atoms with van der Waals surface area (Å²) < 4.78 is 0.969. The van der Waals surface area contributed by atoms with Gasteiger partial charge in [0.25, 0.3) is 0 Å². The predicted octanol–water partition coefficient (Wildman–Crippen LogP) is 3.43. The van der Waals surface area contributed by atoms with Gasteiger partial charge in [-0.2, -0.15) is 0 Å². The Labute approximate surface area is 121 Å². The van der Waals surface area contributed by atoms with Gasteiger partial charge in [0.15, 0.2) is 5.78 Å². The van der Waals surface area contributed by atoms with Gasteiger partial charge >= 0.3 is 0 Å². The molecule has 0 heterocycles. The minimum absolute atomic E-state index is 0.0109.